The van der Waals surface area contributed by atoms with Crippen LogP contribution in [0.25, 0.3) is 0 Å². The molecule has 0 aliphatic carbocycles. The number of carbonyl (C=O) groups excluding carboxylic acids is 1. The number of halogens is 2. The maximum Gasteiger partial charge on any atom is 0.241 e. The number of ether oxygens (including phenoxy) is 1. The molecule has 2 atom stereocenters. The number of nitrogens with two attached hydrogens (primary N) is 1. The van der Waals surface area contributed by atoms with Crippen LogP contribution in [0.3, 0.4) is 0 Å². The van der Waals surface area contributed by atoms with Gasteiger partial charge >= 0.3 is 0 Å². The van der Waals surface area contributed by atoms with Gasteiger partial charge < -0.3 is 15.8 Å². The molecule has 1 amide bonds. The van der Waals surface area contributed by atoms with Gasteiger partial charge in [0.25, 0.3) is 0 Å². The fourth-order valence-corrected chi connectivity index (χ4v) is 2.56. The van der Waals surface area contributed by atoms with Crippen molar-refractivity contribution in [3.8, 4) is 5.75 Å². The first-order chi connectivity index (χ1) is 8.90. The van der Waals surface area contributed by atoms with Gasteiger partial charge in [-0.1, -0.05) is 31.9 Å². The smallest absolute Gasteiger partial charge is 0.241 e. The van der Waals surface area contributed by atoms with Crippen molar-refractivity contribution >= 4 is 39.1 Å². The zero-order chi connectivity index (χ0) is 14.6. The van der Waals surface area contributed by atoms with Gasteiger partial charge in [-0.15, -0.1) is 0 Å². The molecule has 0 radical (unpaired) electrons. The molecule has 6 heteroatoms. The van der Waals surface area contributed by atoms with Crippen molar-refractivity contribution in [3.63, 3.8) is 0 Å². The molecule has 1 rings (SSSR count). The Balaban J connectivity index is 2.96. The summed E-state index contributed by atoms with van der Waals surface area (Å²) in [6, 6.07) is 2.77. The summed E-state index contributed by atoms with van der Waals surface area (Å²) in [6.07, 6.45) is 0.838. The third-order valence-corrected chi connectivity index (χ3v) is 3.84. The molecule has 2 unspecified atom stereocenters. The third-order valence-electron chi connectivity index (χ3n) is 3.03. The molecule has 3 N–H and O–H groups in total. The molecule has 19 heavy (non-hydrogen) atoms. The Hall–Kier alpha value is -0.780. The van der Waals surface area contributed by atoms with Crippen molar-refractivity contribution < 1.29 is 9.53 Å². The monoisotopic (exact) mass is 348 g/mol. The topological polar surface area (TPSA) is 64.4 Å². The first-order valence-corrected chi connectivity index (χ1v) is 7.17. The summed E-state index contributed by atoms with van der Waals surface area (Å²) in [6.45, 7) is 3.93. The quantitative estimate of drug-likeness (QED) is 0.856. The van der Waals surface area contributed by atoms with Crippen LogP contribution >= 0.6 is 27.5 Å². The first-order valence-electron chi connectivity index (χ1n) is 6.00. The normalized spacial score (nSPS) is 13.8. The van der Waals surface area contributed by atoms with Crippen molar-refractivity contribution in [1.82, 2.24) is 0 Å². The van der Waals surface area contributed by atoms with E-state index in [4.69, 9.17) is 22.1 Å². The second kappa shape index (κ2) is 7.12. The molecule has 0 spiro atoms. The molecule has 0 aliphatic heterocycles. The summed E-state index contributed by atoms with van der Waals surface area (Å²) >= 11 is 9.30. The molecular formula is C13H18BrClN2O2. The molecule has 0 aliphatic rings. The van der Waals surface area contributed by atoms with Gasteiger partial charge in [-0.25, -0.2) is 0 Å². The Morgan fingerprint density at radius 2 is 2.21 bits per heavy atom. The van der Waals surface area contributed by atoms with Crippen LogP contribution in [0.1, 0.15) is 20.3 Å². The first kappa shape index (κ1) is 16.3. The largest absolute Gasteiger partial charge is 0.493 e. The second-order valence-electron chi connectivity index (χ2n) is 4.37. The van der Waals surface area contributed by atoms with Crippen molar-refractivity contribution in [2.45, 2.75) is 26.3 Å². The molecule has 1 aromatic rings. The molecular weight excluding hydrogens is 332 g/mol. The number of anilines is 1. The van der Waals surface area contributed by atoms with E-state index in [9.17, 15) is 4.79 Å². The summed E-state index contributed by atoms with van der Waals surface area (Å²) in [7, 11) is 1.53. The standard InChI is InChI=1S/C13H18BrClN2O2/c1-4-7(2)11(16)13(18)17-10-6-8(15)5-9(14)12(10)19-3/h5-7,11H,4,16H2,1-3H3,(H,17,18). The van der Waals surface area contributed by atoms with Crippen LogP contribution in [0.2, 0.25) is 5.02 Å². The minimum Gasteiger partial charge on any atom is -0.493 e. The maximum atomic E-state index is 12.1. The fourth-order valence-electron chi connectivity index (χ4n) is 1.59. The highest BCUT2D eigenvalue weighted by atomic mass is 79.9. The minimum atomic E-state index is -0.563. The maximum absolute atomic E-state index is 12.1. The Kier molecular flexibility index (Phi) is 6.10. The van der Waals surface area contributed by atoms with Gasteiger partial charge in [0.15, 0.2) is 5.75 Å². The van der Waals surface area contributed by atoms with Crippen LogP contribution in [0.4, 0.5) is 5.69 Å². The van der Waals surface area contributed by atoms with Crippen LogP contribution in [-0.4, -0.2) is 19.1 Å². The van der Waals surface area contributed by atoms with E-state index in [0.717, 1.165) is 6.42 Å². The number of hydrogen-bond donors (Lipinski definition) is 2. The lowest BCUT2D eigenvalue weighted by Gasteiger charge is -2.19. The average Bonchev–Trinajstić information content (AvgIpc) is 2.36. The third kappa shape index (κ3) is 4.09. The van der Waals surface area contributed by atoms with E-state index in [-0.39, 0.29) is 11.8 Å². The van der Waals surface area contributed by atoms with E-state index in [1.165, 1.54) is 7.11 Å². The second-order valence-corrected chi connectivity index (χ2v) is 5.66. The summed E-state index contributed by atoms with van der Waals surface area (Å²) < 4.78 is 5.91. The highest BCUT2D eigenvalue weighted by Crippen LogP contribution is 2.36. The summed E-state index contributed by atoms with van der Waals surface area (Å²) in [5.74, 6) is 0.379. The lowest BCUT2D eigenvalue weighted by Crippen LogP contribution is -2.40. The van der Waals surface area contributed by atoms with E-state index in [0.29, 0.717) is 20.9 Å². The van der Waals surface area contributed by atoms with Gasteiger partial charge in [-0.05, 0) is 34.0 Å². The molecule has 0 fully saturated rings. The van der Waals surface area contributed by atoms with E-state index >= 15 is 0 Å². The van der Waals surface area contributed by atoms with Gasteiger partial charge in [0.2, 0.25) is 5.91 Å². The molecule has 0 saturated heterocycles. The van der Waals surface area contributed by atoms with Gasteiger partial charge in [0.05, 0.1) is 23.3 Å². The van der Waals surface area contributed by atoms with E-state index in [1.54, 1.807) is 12.1 Å². The number of rotatable bonds is 5. The van der Waals surface area contributed by atoms with E-state index in [2.05, 4.69) is 21.2 Å². The number of hydrogen-bond acceptors (Lipinski definition) is 3. The lowest BCUT2D eigenvalue weighted by molar-refractivity contribution is -0.118. The molecule has 106 valence electrons. The highest BCUT2D eigenvalue weighted by Gasteiger charge is 2.21. The van der Waals surface area contributed by atoms with Crippen LogP contribution in [0, 0.1) is 5.92 Å². The number of benzene rings is 1. The van der Waals surface area contributed by atoms with Crippen molar-refractivity contribution in [1.29, 1.82) is 0 Å². The molecule has 4 nitrogen and oxygen atoms in total. The SMILES string of the molecule is CCC(C)C(N)C(=O)Nc1cc(Cl)cc(Br)c1OC. The number of carbonyl (C=O) groups is 1. The molecule has 1 aromatic carbocycles. The van der Waals surface area contributed by atoms with Crippen LogP contribution in [-0.2, 0) is 4.79 Å². The minimum absolute atomic E-state index is 0.105. The Morgan fingerprint density at radius 1 is 1.58 bits per heavy atom. The average molecular weight is 350 g/mol. The zero-order valence-corrected chi connectivity index (χ0v) is 13.5. The van der Waals surface area contributed by atoms with Gasteiger partial charge in [0, 0.05) is 5.02 Å². The number of amides is 1. The van der Waals surface area contributed by atoms with E-state index < -0.39 is 6.04 Å². The predicted octanol–water partition coefficient (Wildman–Crippen LogP) is 3.42. The van der Waals surface area contributed by atoms with E-state index in [1.807, 2.05) is 13.8 Å². The van der Waals surface area contributed by atoms with Crippen molar-refractivity contribution in [2.24, 2.45) is 11.7 Å². The Morgan fingerprint density at radius 3 is 2.74 bits per heavy atom. The number of methoxy groups -OCH3 is 1. The van der Waals surface area contributed by atoms with Gasteiger partial charge in [-0.3, -0.25) is 4.79 Å². The Labute approximate surface area is 126 Å². The lowest BCUT2D eigenvalue weighted by atomic mass is 9.99. The van der Waals surface area contributed by atoms with Crippen LogP contribution < -0.4 is 15.8 Å². The van der Waals surface area contributed by atoms with Crippen LogP contribution in [0.5, 0.6) is 5.75 Å². The van der Waals surface area contributed by atoms with Crippen LogP contribution in [0.15, 0.2) is 16.6 Å². The molecule has 0 bridgehead atoms. The molecule has 0 aromatic heterocycles. The molecule has 0 saturated carbocycles. The zero-order valence-electron chi connectivity index (χ0n) is 11.2. The fraction of sp³-hybridized carbons (Fsp3) is 0.462. The molecule has 0 heterocycles. The predicted molar refractivity (Wildman–Crippen MR) is 81.8 cm³/mol. The van der Waals surface area contributed by atoms with Crippen molar-refractivity contribution in [3.05, 3.63) is 21.6 Å². The highest BCUT2D eigenvalue weighted by molar-refractivity contribution is 9.10. The summed E-state index contributed by atoms with van der Waals surface area (Å²) in [5.41, 5.74) is 6.39. The summed E-state index contributed by atoms with van der Waals surface area (Å²) in [4.78, 5) is 12.1. The van der Waals surface area contributed by atoms with Gasteiger partial charge in [-0.2, -0.15) is 0 Å². The summed E-state index contributed by atoms with van der Waals surface area (Å²) in [5, 5.41) is 3.25. The Bertz CT molecular complexity index is 468. The number of nitrogens with one attached hydrogen (secondary N) is 1. The van der Waals surface area contributed by atoms with Crippen molar-refractivity contribution in [2.75, 3.05) is 12.4 Å². The van der Waals surface area contributed by atoms with Gasteiger partial charge in [0.1, 0.15) is 0 Å².